The fourth-order valence-electron chi connectivity index (χ4n) is 4.45. The molecule has 0 saturated heterocycles. The molecule has 1 fully saturated rings. The molecule has 45 heavy (non-hydrogen) atoms. The van der Waals surface area contributed by atoms with Crippen LogP contribution in [0.4, 0.5) is 0 Å². The van der Waals surface area contributed by atoms with Crippen molar-refractivity contribution >= 4 is 46.9 Å². The number of benzene rings is 3. The first-order chi connectivity index (χ1) is 21.4. The second kappa shape index (κ2) is 14.5. The zero-order valence-electron chi connectivity index (χ0n) is 23.6. The van der Waals surface area contributed by atoms with Gasteiger partial charge in [-0.3, -0.25) is 14.4 Å². The van der Waals surface area contributed by atoms with E-state index in [1.807, 2.05) is 0 Å². The van der Waals surface area contributed by atoms with Gasteiger partial charge in [-0.15, -0.1) is 0 Å². The van der Waals surface area contributed by atoms with E-state index in [0.717, 1.165) is 0 Å². The largest absolute Gasteiger partial charge is 0.508 e. The van der Waals surface area contributed by atoms with Crippen molar-refractivity contribution in [2.24, 2.45) is 5.73 Å². The van der Waals surface area contributed by atoms with Crippen molar-refractivity contribution in [3.05, 3.63) is 86.9 Å². The van der Waals surface area contributed by atoms with E-state index >= 15 is 0 Å². The number of carboxylic acid groups (broad SMARTS) is 1. The maximum atomic E-state index is 13.2. The summed E-state index contributed by atoms with van der Waals surface area (Å²) in [6.45, 7) is 1.17. The van der Waals surface area contributed by atoms with Crippen LogP contribution in [0.15, 0.2) is 54.6 Å². The van der Waals surface area contributed by atoms with Crippen LogP contribution in [0.2, 0.25) is 10.0 Å². The Hall–Kier alpha value is -4.56. The summed E-state index contributed by atoms with van der Waals surface area (Å²) in [6.07, 6.45) is -0.148. The molecule has 238 valence electrons. The molecule has 1 aliphatic rings. The minimum atomic E-state index is -1.87. The first-order valence-corrected chi connectivity index (χ1v) is 14.4. The molecular formula is C30H30Cl2N4O9. The quantitative estimate of drug-likeness (QED) is 0.126. The molecule has 13 nitrogen and oxygen atoms in total. The molecule has 0 heterocycles. The van der Waals surface area contributed by atoms with Gasteiger partial charge in [-0.1, -0.05) is 35.3 Å². The van der Waals surface area contributed by atoms with Crippen LogP contribution in [0.3, 0.4) is 0 Å². The molecule has 1 unspecified atom stereocenters. The number of hydrogen-bond acceptors (Lipinski definition) is 9. The third kappa shape index (κ3) is 8.34. The third-order valence-corrected chi connectivity index (χ3v) is 7.39. The van der Waals surface area contributed by atoms with Gasteiger partial charge in [0.1, 0.15) is 23.9 Å². The van der Waals surface area contributed by atoms with Crippen LogP contribution in [0.5, 0.6) is 17.2 Å². The fraction of sp³-hybridized carbons (Fsp3) is 0.267. The lowest BCUT2D eigenvalue weighted by atomic mass is 10.1. The number of aromatic hydroxyl groups is 2. The number of halogens is 2. The average Bonchev–Trinajstić information content (AvgIpc) is 3.67. The molecular weight excluding hydrogens is 631 g/mol. The number of ether oxygens (including phenoxy) is 2. The lowest BCUT2D eigenvalue weighted by molar-refractivity contribution is -0.140. The molecule has 3 amide bonds. The van der Waals surface area contributed by atoms with Crippen molar-refractivity contribution in [1.82, 2.24) is 16.0 Å². The fourth-order valence-corrected chi connectivity index (χ4v) is 5.10. The normalized spacial score (nSPS) is 16.8. The maximum Gasteiger partial charge on any atom is 0.331 e. The second-order valence-electron chi connectivity index (χ2n) is 10.1. The standard InChI is InChI=1S/C30H30Cl2N4O9/c31-22-11-18(26(39)34-15-16-2-1-3-19(37)8-16)12-23(32)25(22)28(41)36-30(29(42)43)14-24(30)35-27(40)17-9-20(38)13-21(10-17)45-7-6-44-5-4-33/h1-3,8-13,24,37-38H,4-7,14-15,33H2,(H,34,39)(H,35,40)(H,36,41)(H,42,43)/t24-,30?/m1/s1. The number of amides is 3. The Balaban J connectivity index is 1.40. The zero-order valence-corrected chi connectivity index (χ0v) is 25.2. The highest BCUT2D eigenvalue weighted by Crippen LogP contribution is 2.38. The van der Waals surface area contributed by atoms with E-state index in [4.69, 9.17) is 38.4 Å². The van der Waals surface area contributed by atoms with E-state index < -0.39 is 35.3 Å². The van der Waals surface area contributed by atoms with Crippen LogP contribution >= 0.6 is 23.2 Å². The summed E-state index contributed by atoms with van der Waals surface area (Å²) in [5.74, 6) is -3.63. The Morgan fingerprint density at radius 1 is 0.889 bits per heavy atom. The highest BCUT2D eigenvalue weighted by molar-refractivity contribution is 6.40. The molecule has 2 atom stereocenters. The lowest BCUT2D eigenvalue weighted by Gasteiger charge is -2.17. The van der Waals surface area contributed by atoms with Crippen LogP contribution in [0, 0.1) is 0 Å². The van der Waals surface area contributed by atoms with Gasteiger partial charge in [0.25, 0.3) is 17.7 Å². The molecule has 0 bridgehead atoms. The SMILES string of the molecule is NCCOCCOc1cc(O)cc(C(=O)N[C@@H]2CC2(NC(=O)c2c(Cl)cc(C(=O)NCc3cccc(O)c3)cc2Cl)C(=O)O)c1. The van der Waals surface area contributed by atoms with Crippen molar-refractivity contribution < 1.29 is 44.0 Å². The highest BCUT2D eigenvalue weighted by atomic mass is 35.5. The summed E-state index contributed by atoms with van der Waals surface area (Å²) >= 11 is 12.6. The molecule has 0 aliphatic heterocycles. The zero-order chi connectivity index (χ0) is 32.7. The number of phenols is 2. The van der Waals surface area contributed by atoms with Crippen molar-refractivity contribution in [2.75, 3.05) is 26.4 Å². The van der Waals surface area contributed by atoms with Gasteiger partial charge in [0.05, 0.1) is 34.9 Å². The van der Waals surface area contributed by atoms with Gasteiger partial charge >= 0.3 is 5.97 Å². The Kier molecular flexibility index (Phi) is 10.7. The molecule has 0 radical (unpaired) electrons. The number of nitrogens with one attached hydrogen (secondary N) is 3. The summed E-state index contributed by atoms with van der Waals surface area (Å²) in [5.41, 5.74) is 3.91. The van der Waals surface area contributed by atoms with Gasteiger partial charge in [-0.2, -0.15) is 0 Å². The Bertz CT molecular complexity index is 1600. The molecule has 4 rings (SSSR count). The first-order valence-electron chi connectivity index (χ1n) is 13.6. The number of carbonyl (C=O) groups is 4. The van der Waals surface area contributed by atoms with Gasteiger partial charge in [-0.25, -0.2) is 4.79 Å². The molecule has 0 aromatic heterocycles. The topological polar surface area (TPSA) is 210 Å². The number of nitrogens with two attached hydrogens (primary N) is 1. The van der Waals surface area contributed by atoms with Crippen molar-refractivity contribution in [2.45, 2.75) is 24.5 Å². The first kappa shape index (κ1) is 33.3. The van der Waals surface area contributed by atoms with E-state index in [1.54, 1.807) is 12.1 Å². The number of aliphatic carboxylic acids is 1. The molecule has 3 aromatic rings. The van der Waals surface area contributed by atoms with Crippen molar-refractivity contribution in [1.29, 1.82) is 0 Å². The summed E-state index contributed by atoms with van der Waals surface area (Å²) in [6, 6.07) is 11.6. The van der Waals surface area contributed by atoms with E-state index in [2.05, 4.69) is 16.0 Å². The monoisotopic (exact) mass is 660 g/mol. The highest BCUT2D eigenvalue weighted by Gasteiger charge is 2.63. The molecule has 15 heteroatoms. The lowest BCUT2D eigenvalue weighted by Crippen LogP contribution is -2.49. The van der Waals surface area contributed by atoms with E-state index in [-0.39, 0.29) is 70.2 Å². The Labute approximate surface area is 267 Å². The number of carboxylic acids is 1. The van der Waals surface area contributed by atoms with Gasteiger partial charge < -0.3 is 46.5 Å². The summed E-state index contributed by atoms with van der Waals surface area (Å²) in [4.78, 5) is 51.0. The van der Waals surface area contributed by atoms with Crippen LogP contribution < -0.4 is 26.4 Å². The Morgan fingerprint density at radius 2 is 1.60 bits per heavy atom. The number of carbonyl (C=O) groups excluding carboxylic acids is 3. The number of phenolic OH excluding ortho intramolecular Hbond substituents is 2. The predicted molar refractivity (Wildman–Crippen MR) is 163 cm³/mol. The van der Waals surface area contributed by atoms with Gasteiger partial charge in [-0.05, 0) is 42.0 Å². The van der Waals surface area contributed by atoms with Crippen LogP contribution in [-0.2, 0) is 16.1 Å². The minimum absolute atomic E-state index is 0.00517. The molecule has 8 N–H and O–H groups in total. The third-order valence-electron chi connectivity index (χ3n) is 6.79. The maximum absolute atomic E-state index is 13.2. The Morgan fingerprint density at radius 3 is 2.27 bits per heavy atom. The van der Waals surface area contributed by atoms with E-state index in [1.165, 1.54) is 42.5 Å². The number of rotatable bonds is 14. The van der Waals surface area contributed by atoms with E-state index in [9.17, 15) is 34.5 Å². The smallest absolute Gasteiger partial charge is 0.331 e. The average molecular weight is 661 g/mol. The van der Waals surface area contributed by atoms with Gasteiger partial charge in [0.2, 0.25) is 0 Å². The minimum Gasteiger partial charge on any atom is -0.508 e. The molecule has 1 saturated carbocycles. The molecule has 3 aromatic carbocycles. The van der Waals surface area contributed by atoms with Crippen LogP contribution in [-0.4, -0.2) is 77.0 Å². The van der Waals surface area contributed by atoms with Gasteiger partial charge in [0.15, 0.2) is 5.54 Å². The van der Waals surface area contributed by atoms with Crippen LogP contribution in [0.1, 0.15) is 43.1 Å². The predicted octanol–water partition coefficient (Wildman–Crippen LogP) is 2.44. The summed E-state index contributed by atoms with van der Waals surface area (Å²) in [7, 11) is 0. The summed E-state index contributed by atoms with van der Waals surface area (Å²) in [5, 5.41) is 36.8. The van der Waals surface area contributed by atoms with Gasteiger partial charge in [0, 0.05) is 36.7 Å². The second-order valence-corrected chi connectivity index (χ2v) is 10.9. The number of hydrogen-bond donors (Lipinski definition) is 7. The van der Waals surface area contributed by atoms with Crippen molar-refractivity contribution in [3.63, 3.8) is 0 Å². The molecule has 1 aliphatic carbocycles. The van der Waals surface area contributed by atoms with E-state index in [0.29, 0.717) is 18.7 Å². The van der Waals surface area contributed by atoms with Crippen LogP contribution in [0.25, 0.3) is 0 Å². The van der Waals surface area contributed by atoms with Crippen molar-refractivity contribution in [3.8, 4) is 17.2 Å². The molecule has 0 spiro atoms. The summed E-state index contributed by atoms with van der Waals surface area (Å²) < 4.78 is 10.7.